The summed E-state index contributed by atoms with van der Waals surface area (Å²) in [4.78, 5) is 0. The molecule has 24 nitrogen and oxygen atoms in total. The van der Waals surface area contributed by atoms with Gasteiger partial charge in [0.1, 0.15) is 26.4 Å². The molecule has 0 saturated heterocycles. The number of methoxy groups -OCH3 is 4. The molecule has 16 N–H and O–H groups in total. The van der Waals surface area contributed by atoms with Crippen molar-refractivity contribution in [1.29, 1.82) is 0 Å². The molecule has 0 aromatic heterocycles. The van der Waals surface area contributed by atoms with Gasteiger partial charge in [-0.05, 0) is 217 Å². The first kappa shape index (κ1) is 73.0. The zero-order valence-corrected chi connectivity index (χ0v) is 53.6. The van der Waals surface area contributed by atoms with Crippen molar-refractivity contribution in [1.82, 2.24) is 0 Å². The largest absolute Gasteiger partial charge is 0.504 e. The molecular weight excluding hydrogens is 1250 g/mol. The lowest BCUT2D eigenvalue weighted by atomic mass is 9.80. The number of phenols is 12. The molecule has 8 aromatic carbocycles. The molecule has 0 fully saturated rings. The molecule has 24 heteroatoms. The molecule has 0 saturated carbocycles. The molecule has 0 spiro atoms. The van der Waals surface area contributed by atoms with Crippen LogP contribution in [-0.2, 0) is 52.1 Å². The Hall–Kier alpha value is -10.4. The Balaban J connectivity index is 0.000000271. The van der Waals surface area contributed by atoms with Crippen molar-refractivity contribution in [3.05, 3.63) is 166 Å². The van der Waals surface area contributed by atoms with Crippen LogP contribution < -0.4 is 37.9 Å². The van der Waals surface area contributed by atoms with Crippen LogP contribution in [0.3, 0.4) is 0 Å². The predicted molar refractivity (Wildman–Crippen MR) is 351 cm³/mol. The highest BCUT2D eigenvalue weighted by Gasteiger charge is 2.26. The van der Waals surface area contributed by atoms with Crippen LogP contribution in [0, 0.1) is 23.7 Å². The Morgan fingerprint density at radius 2 is 0.469 bits per heavy atom. The number of ether oxygens (including phenoxy) is 8. The van der Waals surface area contributed by atoms with Crippen molar-refractivity contribution in [3.63, 3.8) is 0 Å². The molecule has 0 radical (unpaired) electrons. The molecule has 516 valence electrons. The van der Waals surface area contributed by atoms with Crippen LogP contribution in [0.4, 0.5) is 0 Å². The summed E-state index contributed by atoms with van der Waals surface area (Å²) in [6.45, 7) is -0.324. The number of benzene rings is 8. The lowest BCUT2D eigenvalue weighted by Gasteiger charge is -2.27. The maximum Gasteiger partial charge on any atom is 0.200 e. The van der Waals surface area contributed by atoms with Crippen molar-refractivity contribution < 1.29 is 120 Å². The first-order valence-corrected chi connectivity index (χ1v) is 30.7. The van der Waals surface area contributed by atoms with Crippen LogP contribution in [-0.4, -0.2) is 137 Å². The van der Waals surface area contributed by atoms with E-state index in [1.165, 1.54) is 77.0 Å². The molecule has 0 heterocycles. The van der Waals surface area contributed by atoms with Gasteiger partial charge in [-0.15, -0.1) is 0 Å². The lowest BCUT2D eigenvalue weighted by Crippen LogP contribution is -2.24. The van der Waals surface area contributed by atoms with Crippen molar-refractivity contribution in [2.75, 3.05) is 54.9 Å². The quantitative estimate of drug-likeness (QED) is 0.0167. The third-order valence-corrected chi connectivity index (χ3v) is 16.3. The summed E-state index contributed by atoms with van der Waals surface area (Å²) in [5, 5.41) is 158. The fraction of sp³-hybridized carbons (Fsp3) is 0.333. The number of aliphatic hydroxyl groups is 4. The first-order valence-electron chi connectivity index (χ1n) is 30.7. The summed E-state index contributed by atoms with van der Waals surface area (Å²) in [6, 6.07) is 32.2. The molecule has 0 bridgehead atoms. The number of phenolic OH excluding ortho intramolecular Hbond substituents is 12. The van der Waals surface area contributed by atoms with Gasteiger partial charge in [-0.2, -0.15) is 0 Å². The van der Waals surface area contributed by atoms with E-state index >= 15 is 0 Å². The van der Waals surface area contributed by atoms with E-state index in [1.54, 1.807) is 24.3 Å². The average molecular weight is 1330 g/mol. The van der Waals surface area contributed by atoms with Gasteiger partial charge >= 0.3 is 0 Å². The van der Waals surface area contributed by atoms with Gasteiger partial charge in [0.05, 0.1) is 28.4 Å². The number of aliphatic hydroxyl groups excluding tert-OH is 4. The summed E-state index contributed by atoms with van der Waals surface area (Å²) < 4.78 is 45.7. The van der Waals surface area contributed by atoms with Crippen molar-refractivity contribution >= 4 is 0 Å². The number of aromatic hydroxyl groups is 12. The summed E-state index contributed by atoms with van der Waals surface area (Å²) in [6.07, 6.45) is 4.45. The fourth-order valence-electron chi connectivity index (χ4n) is 11.2. The Kier molecular flexibility index (Phi) is 26.8. The monoisotopic (exact) mass is 1330 g/mol. The molecule has 0 unspecified atom stereocenters. The van der Waals surface area contributed by atoms with Crippen LogP contribution in [0.15, 0.2) is 121 Å². The minimum absolute atomic E-state index is 0.000829. The number of rotatable bonds is 34. The van der Waals surface area contributed by atoms with Gasteiger partial charge in [-0.3, -0.25) is 0 Å². The third-order valence-electron chi connectivity index (χ3n) is 16.3. The topological polar surface area (TPSA) is 398 Å². The van der Waals surface area contributed by atoms with Crippen molar-refractivity contribution in [2.24, 2.45) is 23.7 Å². The second-order valence-corrected chi connectivity index (χ2v) is 23.0. The second kappa shape index (κ2) is 35.2. The molecule has 0 aliphatic carbocycles. The summed E-state index contributed by atoms with van der Waals surface area (Å²) >= 11 is 0. The Labute approximate surface area is 554 Å². The smallest absolute Gasteiger partial charge is 0.200 e. The highest BCUT2D eigenvalue weighted by Crippen LogP contribution is 2.42. The predicted octanol–water partition coefficient (Wildman–Crippen LogP) is 9.76. The molecule has 8 rings (SSSR count). The maximum absolute atomic E-state index is 10.6. The van der Waals surface area contributed by atoms with E-state index in [0.717, 1.165) is 22.3 Å². The lowest BCUT2D eigenvalue weighted by molar-refractivity contribution is 0.158. The standard InChI is InChI=1S/2C36H42O12/c2*1-45-31-7-5-21(16-33(31)47-19-23-12-27(39)35(43)28(40)13-23)10-25(4-3-9-37)26(18-38)11-22-6-8-32(46-2)34(17-22)48-20-24-14-29(41)36(44)30(42)15-24/h2*5-8,12-17,25-26,37-44H,3-4,9-11,18-20H2,1-2H3/t2*25-,26+/m10/s1. The molecule has 0 aliphatic heterocycles. The third kappa shape index (κ3) is 19.8. The zero-order chi connectivity index (χ0) is 69.6. The van der Waals surface area contributed by atoms with Crippen LogP contribution in [0.25, 0.3) is 0 Å². The van der Waals surface area contributed by atoms with E-state index in [2.05, 4.69) is 0 Å². The molecule has 0 amide bonds. The maximum atomic E-state index is 10.6. The number of hydrogen-bond donors (Lipinski definition) is 16. The number of hydrogen-bond acceptors (Lipinski definition) is 24. The summed E-state index contributed by atoms with van der Waals surface area (Å²) in [5.74, 6) is -3.11. The van der Waals surface area contributed by atoms with Crippen LogP contribution in [0.2, 0.25) is 0 Å². The molecule has 0 aliphatic rings. The zero-order valence-electron chi connectivity index (χ0n) is 53.6. The second-order valence-electron chi connectivity index (χ2n) is 23.0. The van der Waals surface area contributed by atoms with Gasteiger partial charge in [-0.25, -0.2) is 0 Å². The van der Waals surface area contributed by atoms with Gasteiger partial charge in [0.25, 0.3) is 0 Å². The first-order chi connectivity index (χ1) is 46.1. The fourth-order valence-corrected chi connectivity index (χ4v) is 11.2. The van der Waals surface area contributed by atoms with E-state index < -0.39 is 69.0 Å². The molecular formula is C72H84O24. The minimum atomic E-state index is -0.612. The molecule has 96 heavy (non-hydrogen) atoms. The Morgan fingerprint density at radius 1 is 0.260 bits per heavy atom. The van der Waals surface area contributed by atoms with Gasteiger partial charge in [0.2, 0.25) is 0 Å². The van der Waals surface area contributed by atoms with E-state index in [-0.39, 0.29) is 76.5 Å². The van der Waals surface area contributed by atoms with Crippen molar-refractivity contribution in [2.45, 2.75) is 77.8 Å². The Morgan fingerprint density at radius 3 is 0.656 bits per heavy atom. The Bertz CT molecular complexity index is 3500. The summed E-state index contributed by atoms with van der Waals surface area (Å²) in [7, 11) is 6.04. The molecule has 8 aromatic rings. The van der Waals surface area contributed by atoms with Gasteiger partial charge in [0, 0.05) is 26.4 Å². The van der Waals surface area contributed by atoms with E-state index in [9.17, 15) is 81.7 Å². The highest BCUT2D eigenvalue weighted by atomic mass is 16.5. The average Bonchev–Trinajstić information content (AvgIpc) is 0.939. The van der Waals surface area contributed by atoms with Gasteiger partial charge in [0.15, 0.2) is 115 Å². The van der Waals surface area contributed by atoms with E-state index in [1.807, 2.05) is 48.5 Å². The van der Waals surface area contributed by atoms with E-state index in [0.29, 0.717) is 120 Å². The highest BCUT2D eigenvalue weighted by molar-refractivity contribution is 5.55. The van der Waals surface area contributed by atoms with Crippen LogP contribution >= 0.6 is 0 Å². The van der Waals surface area contributed by atoms with E-state index in [4.69, 9.17) is 37.9 Å². The van der Waals surface area contributed by atoms with Gasteiger partial charge in [-0.1, -0.05) is 24.3 Å². The molecule has 4 atom stereocenters. The normalized spacial score (nSPS) is 12.3. The van der Waals surface area contributed by atoms with Crippen LogP contribution in [0.5, 0.6) is 115 Å². The van der Waals surface area contributed by atoms with Gasteiger partial charge < -0.3 is 120 Å². The minimum Gasteiger partial charge on any atom is -0.504 e. The summed E-state index contributed by atoms with van der Waals surface area (Å²) in [5.41, 5.74) is 5.26. The van der Waals surface area contributed by atoms with Crippen LogP contribution in [0.1, 0.15) is 70.2 Å². The van der Waals surface area contributed by atoms with Crippen molar-refractivity contribution in [3.8, 4) is 115 Å². The SMILES string of the molecule is COc1ccc(C[C@@H](CO)[C@H](CCCO)Cc2ccc(OC)c(OCc3cc(O)c(O)c(O)c3)c2)cc1OCc1cc(O)c(O)c(O)c1.COc1ccc(C[C@H](CO)[C@@H](CCCO)Cc2ccc(OC)c(OCc3cc(O)c(O)c(O)c3)c2)cc1OCc1cc(O)c(O)c(O)c1.